The lowest BCUT2D eigenvalue weighted by Crippen LogP contribution is -2.20. The molecule has 8 heteroatoms. The van der Waals surface area contributed by atoms with Crippen LogP contribution in [0.2, 0.25) is 0 Å². The number of thioether (sulfide) groups is 1. The molecule has 0 fully saturated rings. The zero-order valence-corrected chi connectivity index (χ0v) is 14.6. The average molecular weight is 383 g/mol. The predicted octanol–water partition coefficient (Wildman–Crippen LogP) is 4.56. The first-order valence-electron chi connectivity index (χ1n) is 7.57. The van der Waals surface area contributed by atoms with Crippen LogP contribution in [0.5, 0.6) is 5.75 Å². The van der Waals surface area contributed by atoms with Crippen molar-refractivity contribution < 1.29 is 27.5 Å². The first-order valence-corrected chi connectivity index (χ1v) is 8.55. The van der Waals surface area contributed by atoms with Gasteiger partial charge in [0, 0.05) is 10.5 Å². The summed E-state index contributed by atoms with van der Waals surface area (Å²) < 4.78 is 42.4. The number of para-hydroxylation sites is 1. The first kappa shape index (κ1) is 19.8. The Hall–Kier alpha value is -2.48. The normalized spacial score (nSPS) is 11.1. The fourth-order valence-electron chi connectivity index (χ4n) is 1.98. The lowest BCUT2D eigenvalue weighted by molar-refractivity contribution is -0.118. The fourth-order valence-corrected chi connectivity index (χ4v) is 2.74. The molecule has 0 spiro atoms. The average Bonchev–Trinajstić information content (AvgIpc) is 2.59. The van der Waals surface area contributed by atoms with Gasteiger partial charge in [-0.05, 0) is 43.3 Å². The van der Waals surface area contributed by atoms with Crippen molar-refractivity contribution in [3.63, 3.8) is 0 Å². The molecule has 0 heterocycles. The highest BCUT2D eigenvalue weighted by atomic mass is 32.2. The largest absolute Gasteiger partial charge is 0.484 e. The minimum Gasteiger partial charge on any atom is -0.484 e. The van der Waals surface area contributed by atoms with Crippen molar-refractivity contribution in [3.05, 3.63) is 54.1 Å². The Morgan fingerprint density at radius 3 is 2.35 bits per heavy atom. The molecule has 2 aromatic rings. The second-order valence-corrected chi connectivity index (χ2v) is 6.33. The van der Waals surface area contributed by atoms with E-state index in [-0.39, 0.29) is 12.4 Å². The topological polar surface area (TPSA) is 55.4 Å². The van der Waals surface area contributed by atoms with Gasteiger partial charge in [0.1, 0.15) is 5.75 Å². The van der Waals surface area contributed by atoms with E-state index in [0.717, 1.165) is 0 Å². The van der Waals surface area contributed by atoms with E-state index in [1.165, 1.54) is 19.1 Å². The number of carbonyl (C=O) groups excluding carboxylic acids is 2. The van der Waals surface area contributed by atoms with Gasteiger partial charge >= 0.3 is 6.18 Å². The van der Waals surface area contributed by atoms with E-state index in [4.69, 9.17) is 4.74 Å². The fraction of sp³-hybridized carbons (Fsp3) is 0.222. The maximum atomic E-state index is 12.4. The van der Waals surface area contributed by atoms with Crippen LogP contribution in [0.25, 0.3) is 0 Å². The van der Waals surface area contributed by atoms with E-state index in [1.807, 2.05) is 0 Å². The van der Waals surface area contributed by atoms with E-state index < -0.39 is 17.8 Å². The number of amides is 1. The molecular weight excluding hydrogens is 367 g/mol. The third-order valence-electron chi connectivity index (χ3n) is 3.18. The predicted molar refractivity (Wildman–Crippen MR) is 93.8 cm³/mol. The third-order valence-corrected chi connectivity index (χ3v) is 4.32. The second-order valence-electron chi connectivity index (χ2n) is 5.32. The van der Waals surface area contributed by atoms with Crippen molar-refractivity contribution in [2.45, 2.75) is 18.0 Å². The summed E-state index contributed by atoms with van der Waals surface area (Å²) in [6.07, 6.45) is -4.29. The molecule has 2 rings (SSSR count). The summed E-state index contributed by atoms with van der Waals surface area (Å²) in [4.78, 5) is 23.5. The van der Waals surface area contributed by atoms with Crippen molar-refractivity contribution >= 4 is 29.1 Å². The standard InChI is InChI=1S/C18H16F3NO3S/c1-12(23)13-6-8-14(9-7-13)25-10-17(24)22-15-4-2-3-5-16(15)26-11-18(19,20)21/h2-9H,10-11H2,1H3,(H,22,24). The summed E-state index contributed by atoms with van der Waals surface area (Å²) in [5, 5.41) is 2.54. The summed E-state index contributed by atoms with van der Waals surface area (Å²) in [7, 11) is 0. The maximum Gasteiger partial charge on any atom is 0.398 e. The molecule has 26 heavy (non-hydrogen) atoms. The van der Waals surface area contributed by atoms with Crippen molar-refractivity contribution in [2.75, 3.05) is 17.7 Å². The zero-order chi connectivity index (χ0) is 19.2. The van der Waals surface area contributed by atoms with Crippen LogP contribution in [-0.4, -0.2) is 30.2 Å². The summed E-state index contributed by atoms with van der Waals surface area (Å²) in [5.41, 5.74) is 0.819. The molecule has 0 saturated carbocycles. The van der Waals surface area contributed by atoms with Gasteiger partial charge in [-0.2, -0.15) is 13.2 Å². The molecule has 1 amide bonds. The van der Waals surface area contributed by atoms with Crippen LogP contribution in [-0.2, 0) is 4.79 Å². The van der Waals surface area contributed by atoms with Gasteiger partial charge in [-0.3, -0.25) is 9.59 Å². The number of Topliss-reactive ketones (excluding diaryl/α,β-unsaturated/α-hetero) is 1. The molecule has 0 saturated heterocycles. The van der Waals surface area contributed by atoms with Gasteiger partial charge in [-0.1, -0.05) is 12.1 Å². The summed E-state index contributed by atoms with van der Waals surface area (Å²) in [6, 6.07) is 12.5. The molecule has 0 aliphatic heterocycles. The van der Waals surface area contributed by atoms with Crippen LogP contribution < -0.4 is 10.1 Å². The molecule has 0 unspecified atom stereocenters. The lowest BCUT2D eigenvalue weighted by Gasteiger charge is -2.12. The number of anilines is 1. The van der Waals surface area contributed by atoms with Crippen LogP contribution in [0.1, 0.15) is 17.3 Å². The van der Waals surface area contributed by atoms with Crippen LogP contribution in [0.4, 0.5) is 18.9 Å². The molecule has 2 aromatic carbocycles. The summed E-state index contributed by atoms with van der Waals surface area (Å²) in [5.74, 6) is -1.22. The number of benzene rings is 2. The Labute approximate surface area is 152 Å². The molecule has 0 aromatic heterocycles. The molecular formula is C18H16F3NO3S. The summed E-state index contributed by atoms with van der Waals surface area (Å²) >= 11 is 0.602. The minimum absolute atomic E-state index is 0.0812. The number of rotatable bonds is 7. The second kappa shape index (κ2) is 8.75. The maximum absolute atomic E-state index is 12.4. The van der Waals surface area contributed by atoms with Crippen LogP contribution in [0, 0.1) is 0 Å². The van der Waals surface area contributed by atoms with E-state index in [0.29, 0.717) is 33.7 Å². The molecule has 0 aliphatic carbocycles. The molecule has 138 valence electrons. The van der Waals surface area contributed by atoms with Crippen LogP contribution in [0.3, 0.4) is 0 Å². The first-order chi connectivity index (χ1) is 12.2. The number of alkyl halides is 3. The Morgan fingerprint density at radius 2 is 1.73 bits per heavy atom. The molecule has 0 radical (unpaired) electrons. The van der Waals surface area contributed by atoms with Crippen molar-refractivity contribution in [2.24, 2.45) is 0 Å². The van der Waals surface area contributed by atoms with Gasteiger partial charge < -0.3 is 10.1 Å². The number of hydrogen-bond donors (Lipinski definition) is 1. The number of hydrogen-bond acceptors (Lipinski definition) is 4. The summed E-state index contributed by atoms with van der Waals surface area (Å²) in [6.45, 7) is 1.13. The lowest BCUT2D eigenvalue weighted by atomic mass is 10.1. The van der Waals surface area contributed by atoms with E-state index in [9.17, 15) is 22.8 Å². The Kier molecular flexibility index (Phi) is 6.68. The quantitative estimate of drug-likeness (QED) is 0.563. The highest BCUT2D eigenvalue weighted by Crippen LogP contribution is 2.32. The number of ether oxygens (including phenoxy) is 1. The molecule has 4 nitrogen and oxygen atoms in total. The SMILES string of the molecule is CC(=O)c1ccc(OCC(=O)Nc2ccccc2SCC(F)(F)F)cc1. The number of carbonyl (C=O) groups is 2. The highest BCUT2D eigenvalue weighted by molar-refractivity contribution is 7.99. The van der Waals surface area contributed by atoms with E-state index in [1.54, 1.807) is 36.4 Å². The van der Waals surface area contributed by atoms with Gasteiger partial charge in [0.15, 0.2) is 12.4 Å². The van der Waals surface area contributed by atoms with Crippen LogP contribution >= 0.6 is 11.8 Å². The Morgan fingerprint density at radius 1 is 1.08 bits per heavy atom. The molecule has 0 atom stereocenters. The smallest absolute Gasteiger partial charge is 0.398 e. The Bertz CT molecular complexity index is 776. The van der Waals surface area contributed by atoms with E-state index >= 15 is 0 Å². The van der Waals surface area contributed by atoms with E-state index in [2.05, 4.69) is 5.32 Å². The molecule has 1 N–H and O–H groups in total. The van der Waals surface area contributed by atoms with Crippen molar-refractivity contribution in [1.82, 2.24) is 0 Å². The third kappa shape index (κ3) is 6.44. The van der Waals surface area contributed by atoms with Gasteiger partial charge in [0.05, 0.1) is 11.4 Å². The Balaban J connectivity index is 1.92. The minimum atomic E-state index is -4.29. The van der Waals surface area contributed by atoms with Crippen LogP contribution in [0.15, 0.2) is 53.4 Å². The van der Waals surface area contributed by atoms with Gasteiger partial charge in [-0.15, -0.1) is 11.8 Å². The highest BCUT2D eigenvalue weighted by Gasteiger charge is 2.27. The van der Waals surface area contributed by atoms with Gasteiger partial charge in [0.25, 0.3) is 5.91 Å². The number of halogens is 3. The van der Waals surface area contributed by atoms with Crippen molar-refractivity contribution in [3.8, 4) is 5.75 Å². The van der Waals surface area contributed by atoms with Crippen molar-refractivity contribution in [1.29, 1.82) is 0 Å². The van der Waals surface area contributed by atoms with Gasteiger partial charge in [0.2, 0.25) is 0 Å². The number of nitrogens with one attached hydrogen (secondary N) is 1. The zero-order valence-electron chi connectivity index (χ0n) is 13.8. The number of ketones is 1. The molecule has 0 aliphatic rings. The monoisotopic (exact) mass is 383 g/mol. The molecule has 0 bridgehead atoms. The van der Waals surface area contributed by atoms with Gasteiger partial charge in [-0.25, -0.2) is 0 Å².